The lowest BCUT2D eigenvalue weighted by Crippen LogP contribution is -1.77. The first-order valence-electron chi connectivity index (χ1n) is 1.57. The third kappa shape index (κ3) is 3840. The van der Waals surface area contributed by atoms with Gasteiger partial charge < -0.3 is 0 Å². The molecule has 1 N–H and O–H groups in total. The van der Waals surface area contributed by atoms with Gasteiger partial charge in [0.2, 0.25) is 9.05 Å². The highest BCUT2D eigenvalue weighted by Gasteiger charge is 1.86. The van der Waals surface area contributed by atoms with E-state index in [4.69, 9.17) is 13.0 Å². The normalized spacial score (nSPS) is 10.5. The van der Waals surface area contributed by atoms with Crippen LogP contribution in [0.15, 0.2) is 0 Å². The molecule has 0 saturated heterocycles. The van der Waals surface area contributed by atoms with E-state index >= 15 is 0 Å². The molecule has 0 saturated carbocycles. The van der Waals surface area contributed by atoms with Crippen LogP contribution < -0.4 is 0 Å². The van der Waals surface area contributed by atoms with Crippen LogP contribution in [0.1, 0.15) is 7.43 Å². The van der Waals surface area contributed by atoms with E-state index in [1.165, 1.54) is 0 Å². The molecule has 0 aromatic rings. The average molecular weight is 247 g/mol. The van der Waals surface area contributed by atoms with Gasteiger partial charge in [0.25, 0.3) is 0 Å². The first-order valence-corrected chi connectivity index (χ1v) is 6.55. The number of halogens is 2. The fourth-order valence-electron chi connectivity index (χ4n) is 0. The zero-order valence-corrected chi connectivity index (χ0v) is 7.80. The summed E-state index contributed by atoms with van der Waals surface area (Å²) >= 11 is 0. The Kier molecular flexibility index (Phi) is 9.57. The van der Waals surface area contributed by atoms with Gasteiger partial charge in [0.05, 0.1) is 6.26 Å². The van der Waals surface area contributed by atoms with E-state index in [9.17, 15) is 8.42 Å². The first-order chi connectivity index (χ1) is 4.00. The zero-order chi connectivity index (χ0) is 9.00. The van der Waals surface area contributed by atoms with Crippen molar-refractivity contribution >= 4 is 39.7 Å². The van der Waals surface area contributed by atoms with Crippen molar-refractivity contribution in [3.05, 3.63) is 0 Å². The molecule has 11 heavy (non-hydrogen) atoms. The molecule has 0 atom stereocenters. The van der Waals surface area contributed by atoms with Crippen LogP contribution >= 0.6 is 21.4 Å². The lowest BCUT2D eigenvalue weighted by molar-refractivity contribution is 0.501. The molecule has 0 amide bonds. The minimum atomic E-state index is -4.19. The fourth-order valence-corrected chi connectivity index (χ4v) is 0. The van der Waals surface area contributed by atoms with Crippen molar-refractivity contribution in [1.82, 2.24) is 0 Å². The molecule has 0 radical (unpaired) electrons. The van der Waals surface area contributed by atoms with Crippen LogP contribution in [-0.2, 0) is 18.4 Å². The van der Waals surface area contributed by atoms with Gasteiger partial charge in [-0.05, 0) is 0 Å². The maximum absolute atomic E-state index is 9.40. The van der Waals surface area contributed by atoms with E-state index in [1.54, 1.807) is 0 Å². The molecule has 0 heterocycles. The van der Waals surface area contributed by atoms with Crippen LogP contribution in [0, 0.1) is 0 Å². The van der Waals surface area contributed by atoms with Gasteiger partial charge in [-0.2, -0.15) is 8.42 Å². The number of hydrogen-bond acceptors (Lipinski definition) is 4. The van der Waals surface area contributed by atoms with Gasteiger partial charge in [-0.15, -0.1) is 0 Å². The van der Waals surface area contributed by atoms with Crippen molar-refractivity contribution < 1.29 is 21.4 Å². The Hall–Kier alpha value is 0.440. The SMILES string of the molecule is C.CS(=O)(=O)Cl.O=S(=O)(O)Cl. The van der Waals surface area contributed by atoms with Crippen molar-refractivity contribution in [2.24, 2.45) is 0 Å². The first kappa shape index (κ1) is 17.5. The number of hydrogen-bond donors (Lipinski definition) is 1. The molecule has 0 aliphatic heterocycles. The maximum Gasteiger partial charge on any atom is 0.353 e. The van der Waals surface area contributed by atoms with Crippen LogP contribution in [0.2, 0.25) is 0 Å². The predicted octanol–water partition coefficient (Wildman–Crippen LogP) is 0.849. The molecule has 0 unspecified atom stereocenters. The third-order valence-electron chi connectivity index (χ3n) is 0. The summed E-state index contributed by atoms with van der Waals surface area (Å²) in [5, 5.41) is 0. The molecule has 0 aliphatic rings. The Balaban J connectivity index is -0.000000107. The van der Waals surface area contributed by atoms with Crippen LogP contribution in [-0.4, -0.2) is 27.6 Å². The van der Waals surface area contributed by atoms with Crippen molar-refractivity contribution in [2.45, 2.75) is 7.43 Å². The van der Waals surface area contributed by atoms with Gasteiger partial charge in [0.15, 0.2) is 0 Å². The quantitative estimate of drug-likeness (QED) is 0.506. The third-order valence-corrected chi connectivity index (χ3v) is 0. The fraction of sp³-hybridized carbons (Fsp3) is 1.00. The van der Waals surface area contributed by atoms with Crippen molar-refractivity contribution in [3.8, 4) is 0 Å². The predicted molar refractivity (Wildman–Crippen MR) is 44.8 cm³/mol. The van der Waals surface area contributed by atoms with Crippen LogP contribution in [0.4, 0.5) is 0 Å². The molecule has 9 heteroatoms. The second-order valence-electron chi connectivity index (χ2n) is 1.09. The van der Waals surface area contributed by atoms with E-state index in [0.717, 1.165) is 6.26 Å². The minimum Gasteiger partial charge on any atom is -0.273 e. The van der Waals surface area contributed by atoms with Gasteiger partial charge in [-0.1, -0.05) is 7.43 Å². The van der Waals surface area contributed by atoms with Crippen molar-refractivity contribution in [3.63, 3.8) is 0 Å². The summed E-state index contributed by atoms with van der Waals surface area (Å²) in [5.41, 5.74) is 0. The lowest BCUT2D eigenvalue weighted by Gasteiger charge is -1.65. The zero-order valence-electron chi connectivity index (χ0n) is 4.65. The summed E-state index contributed by atoms with van der Waals surface area (Å²) in [5.74, 6) is 0. The summed E-state index contributed by atoms with van der Waals surface area (Å²) in [6.45, 7) is 0. The number of rotatable bonds is 0. The molecule has 72 valence electrons. The molecular weight excluding hydrogens is 239 g/mol. The van der Waals surface area contributed by atoms with E-state index in [2.05, 4.69) is 21.4 Å². The molecule has 0 bridgehead atoms. The Morgan fingerprint density at radius 3 is 1.09 bits per heavy atom. The summed E-state index contributed by atoms with van der Waals surface area (Å²) < 4.78 is 44.0. The molecule has 0 aromatic heterocycles. The molecule has 0 fully saturated rings. The van der Waals surface area contributed by atoms with Crippen molar-refractivity contribution in [1.29, 1.82) is 0 Å². The van der Waals surface area contributed by atoms with Crippen LogP contribution in [0.3, 0.4) is 0 Å². The van der Waals surface area contributed by atoms with Crippen LogP contribution in [0.25, 0.3) is 0 Å². The van der Waals surface area contributed by atoms with Crippen molar-refractivity contribution in [2.75, 3.05) is 6.26 Å². The largest absolute Gasteiger partial charge is 0.353 e. The smallest absolute Gasteiger partial charge is 0.273 e. The molecule has 0 spiro atoms. The Bertz CT molecular complexity index is 217. The van der Waals surface area contributed by atoms with E-state index in [0.29, 0.717) is 0 Å². The van der Waals surface area contributed by atoms with E-state index < -0.39 is 18.4 Å². The second-order valence-corrected chi connectivity index (χ2v) is 6.13. The van der Waals surface area contributed by atoms with E-state index in [-0.39, 0.29) is 7.43 Å². The van der Waals surface area contributed by atoms with Gasteiger partial charge in [-0.25, -0.2) is 8.42 Å². The average Bonchev–Trinajstić information content (AvgIpc) is 1.12. The maximum atomic E-state index is 9.40. The standard InChI is InChI=1S/CH3ClO2S.CH4.ClHO3S/c1-5(2,3)4;;1-5(2,3)4/h1H3;1H4;(H,2,3,4). The molecule has 0 rings (SSSR count). The van der Waals surface area contributed by atoms with Gasteiger partial charge in [-0.3, -0.25) is 4.55 Å². The molecular formula is C2H8Cl2O5S2. The molecule has 0 aliphatic carbocycles. The van der Waals surface area contributed by atoms with Gasteiger partial charge in [0.1, 0.15) is 0 Å². The van der Waals surface area contributed by atoms with E-state index in [1.807, 2.05) is 0 Å². The van der Waals surface area contributed by atoms with Crippen LogP contribution in [0.5, 0.6) is 0 Å². The highest BCUT2D eigenvalue weighted by atomic mass is 35.7. The van der Waals surface area contributed by atoms with Gasteiger partial charge in [0, 0.05) is 21.4 Å². The lowest BCUT2D eigenvalue weighted by atomic mass is 12.0. The second kappa shape index (κ2) is 6.01. The topological polar surface area (TPSA) is 88.5 Å². The summed E-state index contributed by atoms with van der Waals surface area (Å²) in [4.78, 5) is 0. The van der Waals surface area contributed by atoms with Gasteiger partial charge >= 0.3 is 9.33 Å². The Morgan fingerprint density at radius 1 is 1.09 bits per heavy atom. The summed E-state index contributed by atoms with van der Waals surface area (Å²) in [6, 6.07) is 0. The highest BCUT2D eigenvalue weighted by Crippen LogP contribution is 1.83. The monoisotopic (exact) mass is 246 g/mol. The minimum absolute atomic E-state index is 0. The summed E-state index contributed by atoms with van der Waals surface area (Å²) in [7, 11) is 1.17. The highest BCUT2D eigenvalue weighted by molar-refractivity contribution is 8.13. The Morgan fingerprint density at radius 2 is 1.09 bits per heavy atom. The Labute approximate surface area is 75.0 Å². The summed E-state index contributed by atoms with van der Waals surface area (Å²) in [6.07, 6.45) is 0.925. The molecule has 5 nitrogen and oxygen atoms in total. The molecule has 0 aromatic carbocycles.